The number of esters is 1. The van der Waals surface area contributed by atoms with Crippen molar-refractivity contribution in [3.63, 3.8) is 0 Å². The standard InChI is InChI=1S/C19H15Cl3N2O4S/c1-2-28-19(25)17-10-18(12-3-6-14(20)7-4-12)24(29(26,27)23-17)11-13-5-8-15(21)9-16(13)22/h3-10H,2,11H2,1H3. The van der Waals surface area contributed by atoms with Gasteiger partial charge in [-0.15, -0.1) is 4.40 Å². The fraction of sp³-hybridized carbons (Fsp3) is 0.158. The summed E-state index contributed by atoms with van der Waals surface area (Å²) in [6, 6.07) is 11.3. The maximum atomic E-state index is 12.9. The Morgan fingerprint density at radius 3 is 2.34 bits per heavy atom. The van der Waals surface area contributed by atoms with Gasteiger partial charge >= 0.3 is 16.2 Å². The van der Waals surface area contributed by atoms with Crippen LogP contribution in [0.5, 0.6) is 0 Å². The smallest absolute Gasteiger partial charge is 0.357 e. The van der Waals surface area contributed by atoms with Crippen molar-refractivity contribution in [3.05, 3.63) is 74.7 Å². The summed E-state index contributed by atoms with van der Waals surface area (Å²) in [4.78, 5) is 12.1. The zero-order chi connectivity index (χ0) is 21.2. The normalized spacial score (nSPS) is 15.5. The van der Waals surface area contributed by atoms with Crippen molar-refractivity contribution in [2.75, 3.05) is 6.61 Å². The second kappa shape index (κ2) is 8.75. The van der Waals surface area contributed by atoms with Crippen LogP contribution in [0.1, 0.15) is 18.1 Å². The molecule has 0 unspecified atom stereocenters. The lowest BCUT2D eigenvalue weighted by atomic mass is 10.1. The van der Waals surface area contributed by atoms with E-state index in [1.54, 1.807) is 43.3 Å². The van der Waals surface area contributed by atoms with Crippen LogP contribution in [0.15, 0.2) is 52.9 Å². The number of nitrogens with zero attached hydrogens (tertiary/aromatic N) is 2. The zero-order valence-corrected chi connectivity index (χ0v) is 18.2. The molecule has 1 heterocycles. The van der Waals surface area contributed by atoms with Crippen molar-refractivity contribution in [1.82, 2.24) is 4.31 Å². The first-order valence-electron chi connectivity index (χ1n) is 8.42. The molecule has 1 aliphatic heterocycles. The second-order valence-electron chi connectivity index (χ2n) is 5.95. The molecular weight excluding hydrogens is 459 g/mol. The van der Waals surface area contributed by atoms with E-state index in [1.807, 2.05) is 0 Å². The van der Waals surface area contributed by atoms with Gasteiger partial charge in [-0.25, -0.2) is 9.10 Å². The van der Waals surface area contributed by atoms with Gasteiger partial charge in [0.15, 0.2) is 5.71 Å². The number of halogens is 3. The van der Waals surface area contributed by atoms with Crippen molar-refractivity contribution in [1.29, 1.82) is 0 Å². The summed E-state index contributed by atoms with van der Waals surface area (Å²) in [5, 5.41) is 1.22. The molecule has 29 heavy (non-hydrogen) atoms. The van der Waals surface area contributed by atoms with E-state index in [1.165, 1.54) is 12.1 Å². The number of carbonyl (C=O) groups is 1. The molecule has 0 radical (unpaired) electrons. The third-order valence-corrected chi connectivity index (χ3v) is 6.14. The molecule has 0 N–H and O–H groups in total. The van der Waals surface area contributed by atoms with E-state index in [0.29, 0.717) is 26.2 Å². The molecule has 0 aliphatic carbocycles. The van der Waals surface area contributed by atoms with Crippen LogP contribution in [-0.4, -0.2) is 31.0 Å². The number of hydrogen-bond donors (Lipinski definition) is 0. The molecule has 10 heteroatoms. The van der Waals surface area contributed by atoms with Gasteiger partial charge in [0.1, 0.15) is 0 Å². The van der Waals surface area contributed by atoms with Gasteiger partial charge in [0.05, 0.1) is 18.8 Å². The number of benzene rings is 2. The predicted molar refractivity (Wildman–Crippen MR) is 114 cm³/mol. The molecule has 3 rings (SSSR count). The van der Waals surface area contributed by atoms with Crippen molar-refractivity contribution in [2.24, 2.45) is 4.40 Å². The van der Waals surface area contributed by atoms with Crippen LogP contribution in [0.4, 0.5) is 0 Å². The van der Waals surface area contributed by atoms with Crippen LogP contribution >= 0.6 is 34.8 Å². The Morgan fingerprint density at radius 2 is 1.72 bits per heavy atom. The zero-order valence-electron chi connectivity index (χ0n) is 15.1. The molecule has 0 atom stereocenters. The lowest BCUT2D eigenvalue weighted by molar-refractivity contribution is -0.134. The van der Waals surface area contributed by atoms with E-state index < -0.39 is 16.2 Å². The van der Waals surface area contributed by atoms with Gasteiger partial charge in [-0.1, -0.05) is 53.0 Å². The van der Waals surface area contributed by atoms with Gasteiger partial charge in [-0.05, 0) is 48.4 Å². The fourth-order valence-corrected chi connectivity index (χ4v) is 4.42. The molecule has 0 saturated carbocycles. The van der Waals surface area contributed by atoms with Crippen LogP contribution in [0.25, 0.3) is 5.70 Å². The molecule has 0 aromatic heterocycles. The Balaban J connectivity index is 2.10. The van der Waals surface area contributed by atoms with Crippen molar-refractivity contribution >= 4 is 62.4 Å². The minimum atomic E-state index is -4.24. The summed E-state index contributed by atoms with van der Waals surface area (Å²) in [6.07, 6.45) is 1.37. The summed E-state index contributed by atoms with van der Waals surface area (Å²) < 4.78 is 35.5. The monoisotopic (exact) mass is 472 g/mol. The summed E-state index contributed by atoms with van der Waals surface area (Å²) in [7, 11) is -4.24. The van der Waals surface area contributed by atoms with Crippen molar-refractivity contribution in [2.45, 2.75) is 13.5 Å². The van der Waals surface area contributed by atoms with Gasteiger partial charge in [-0.3, -0.25) is 0 Å². The minimum absolute atomic E-state index is 0.0894. The van der Waals surface area contributed by atoms with Crippen LogP contribution < -0.4 is 0 Å². The van der Waals surface area contributed by atoms with E-state index in [2.05, 4.69) is 4.40 Å². The van der Waals surface area contributed by atoms with Crippen molar-refractivity contribution < 1.29 is 17.9 Å². The molecule has 1 aliphatic rings. The van der Waals surface area contributed by atoms with Crippen LogP contribution in [-0.2, 0) is 26.3 Å². The molecule has 0 saturated heterocycles. The number of hydrogen-bond acceptors (Lipinski definition) is 4. The van der Waals surface area contributed by atoms with Gasteiger partial charge in [0, 0.05) is 15.1 Å². The highest BCUT2D eigenvalue weighted by Crippen LogP contribution is 2.32. The molecular formula is C19H15Cl3N2O4S. The largest absolute Gasteiger partial charge is 0.461 e. The second-order valence-corrected chi connectivity index (χ2v) is 8.75. The Hall–Kier alpha value is -2.06. The Kier molecular flexibility index (Phi) is 6.53. The van der Waals surface area contributed by atoms with Crippen molar-refractivity contribution in [3.8, 4) is 0 Å². The highest BCUT2D eigenvalue weighted by molar-refractivity contribution is 7.88. The highest BCUT2D eigenvalue weighted by Gasteiger charge is 2.32. The first kappa shape index (κ1) is 21.6. The Labute approximate surface area is 183 Å². The molecule has 0 fully saturated rings. The first-order chi connectivity index (χ1) is 13.7. The summed E-state index contributed by atoms with van der Waals surface area (Å²) >= 11 is 18.1. The predicted octanol–water partition coefficient (Wildman–Crippen LogP) is 4.75. The number of carbonyl (C=O) groups excluding carboxylic acids is 1. The van der Waals surface area contributed by atoms with E-state index in [9.17, 15) is 13.2 Å². The van der Waals surface area contributed by atoms with E-state index in [4.69, 9.17) is 39.5 Å². The van der Waals surface area contributed by atoms with Crippen LogP contribution in [0.3, 0.4) is 0 Å². The fourth-order valence-electron chi connectivity index (χ4n) is 2.65. The van der Waals surface area contributed by atoms with E-state index >= 15 is 0 Å². The molecule has 152 valence electrons. The third kappa shape index (κ3) is 4.93. The van der Waals surface area contributed by atoms with Crippen LogP contribution in [0.2, 0.25) is 15.1 Å². The first-order valence-corrected chi connectivity index (χ1v) is 11.0. The summed E-state index contributed by atoms with van der Waals surface area (Å²) in [5.41, 5.74) is 0.982. The van der Waals surface area contributed by atoms with Gasteiger partial charge in [0.2, 0.25) is 0 Å². The minimum Gasteiger partial charge on any atom is -0.461 e. The van der Waals surface area contributed by atoms with Crippen LogP contribution in [0, 0.1) is 0 Å². The quantitative estimate of drug-likeness (QED) is 0.587. The number of rotatable bonds is 5. The SMILES string of the molecule is CCOC(=O)C1=NS(=O)(=O)N(Cc2ccc(Cl)cc2Cl)C(c2ccc(Cl)cc2)=C1. The Bertz CT molecular complexity index is 1110. The van der Waals surface area contributed by atoms with E-state index in [-0.39, 0.29) is 24.6 Å². The molecule has 0 bridgehead atoms. The molecule has 0 spiro atoms. The maximum Gasteiger partial charge on any atom is 0.357 e. The van der Waals surface area contributed by atoms with Gasteiger partial charge in [0.25, 0.3) is 0 Å². The summed E-state index contributed by atoms with van der Waals surface area (Å²) in [5.74, 6) is -0.827. The van der Waals surface area contributed by atoms with E-state index in [0.717, 1.165) is 4.31 Å². The highest BCUT2D eigenvalue weighted by atomic mass is 35.5. The average molecular weight is 474 g/mol. The lowest BCUT2D eigenvalue weighted by Crippen LogP contribution is -2.34. The summed E-state index contributed by atoms with van der Waals surface area (Å²) in [6.45, 7) is 1.60. The average Bonchev–Trinajstić information content (AvgIpc) is 2.65. The maximum absolute atomic E-state index is 12.9. The van der Waals surface area contributed by atoms with Gasteiger partial charge in [-0.2, -0.15) is 8.42 Å². The topological polar surface area (TPSA) is 76.0 Å². The lowest BCUT2D eigenvalue weighted by Gasteiger charge is -2.28. The molecule has 6 nitrogen and oxygen atoms in total. The molecule has 2 aromatic rings. The Morgan fingerprint density at radius 1 is 1.07 bits per heavy atom. The molecule has 2 aromatic carbocycles. The third-order valence-electron chi connectivity index (χ3n) is 3.99. The van der Waals surface area contributed by atoms with Gasteiger partial charge < -0.3 is 4.74 Å². The molecule has 0 amide bonds. The number of ether oxygens (including phenoxy) is 1.